The van der Waals surface area contributed by atoms with Crippen molar-refractivity contribution in [3.63, 3.8) is 0 Å². The zero-order valence-electron chi connectivity index (χ0n) is 41.8. The fraction of sp³-hybridized carbons (Fsp3) is 0.0588. The average molecular weight is 981 g/mol. The van der Waals surface area contributed by atoms with E-state index >= 15 is 0 Å². The van der Waals surface area contributed by atoms with Crippen LogP contribution in [0.5, 0.6) is 0 Å². The predicted molar refractivity (Wildman–Crippen MR) is 298 cm³/mol. The fourth-order valence-electron chi connectivity index (χ4n) is 11.1. The number of allylic oxidation sites excluding steroid dienone is 3. The third-order valence-electron chi connectivity index (χ3n) is 14.8. The lowest BCUT2D eigenvalue weighted by Gasteiger charge is -2.11. The van der Waals surface area contributed by atoms with Crippen molar-refractivity contribution in [3.05, 3.63) is 334 Å². The summed E-state index contributed by atoms with van der Waals surface area (Å²) in [5.41, 5.74) is 20.5. The van der Waals surface area contributed by atoms with Crippen LogP contribution in [0.15, 0.2) is 277 Å². The van der Waals surface area contributed by atoms with Crippen molar-refractivity contribution in [1.82, 2.24) is 9.38 Å². The first-order valence-corrected chi connectivity index (χ1v) is 26.0. The molecule has 76 heavy (non-hydrogen) atoms. The average Bonchev–Trinajstić information content (AvgIpc) is 4.46. The van der Waals surface area contributed by atoms with Crippen LogP contribution >= 0.6 is 0 Å². The van der Waals surface area contributed by atoms with E-state index < -0.39 is 0 Å². The Morgan fingerprint density at radius 3 is 1.29 bits per heavy atom. The van der Waals surface area contributed by atoms with Gasteiger partial charge < -0.3 is 9.38 Å². The molecule has 1 N–H and O–H groups in total. The second kappa shape index (κ2) is 19.2. The molecule has 3 aliphatic rings. The molecule has 0 saturated heterocycles. The van der Waals surface area contributed by atoms with Gasteiger partial charge in [0.15, 0.2) is 75.8 Å². The van der Waals surface area contributed by atoms with Crippen molar-refractivity contribution < 1.29 is 18.3 Å². The van der Waals surface area contributed by atoms with Crippen molar-refractivity contribution in [1.29, 1.82) is 0 Å². The molecule has 3 aliphatic heterocycles. The van der Waals surface area contributed by atoms with Crippen LogP contribution in [0, 0.1) is 0 Å². The molecule has 0 amide bonds. The van der Waals surface area contributed by atoms with Crippen LogP contribution in [-0.2, 0) is 26.2 Å². The Balaban J connectivity index is 0.980. The first-order chi connectivity index (χ1) is 37.6. The van der Waals surface area contributed by atoms with Gasteiger partial charge in [-0.15, -0.1) is 0 Å². The van der Waals surface area contributed by atoms with Gasteiger partial charge in [0.1, 0.15) is 5.49 Å². The second-order valence-corrected chi connectivity index (χ2v) is 19.8. The Morgan fingerprint density at radius 2 is 0.816 bits per heavy atom. The monoisotopic (exact) mass is 980 g/mol. The van der Waals surface area contributed by atoms with Gasteiger partial charge in [0.05, 0.1) is 22.6 Å². The normalized spacial score (nSPS) is 13.6. The molecule has 0 atom stereocenters. The van der Waals surface area contributed by atoms with Gasteiger partial charge in [-0.2, -0.15) is 0 Å². The van der Waals surface area contributed by atoms with E-state index in [2.05, 4.69) is 290 Å². The Bertz CT molecular complexity index is 4300. The molecule has 8 nitrogen and oxygen atoms in total. The van der Waals surface area contributed by atoms with Crippen LogP contribution in [0.1, 0.15) is 50.1 Å². The van der Waals surface area contributed by atoms with Crippen LogP contribution in [0.2, 0.25) is 0 Å². The minimum Gasteiger partial charge on any atom is -0.354 e. The van der Waals surface area contributed by atoms with E-state index in [0.29, 0.717) is 0 Å². The van der Waals surface area contributed by atoms with E-state index in [4.69, 9.17) is 9.98 Å². The summed E-state index contributed by atoms with van der Waals surface area (Å²) in [5, 5.41) is 1.96. The lowest BCUT2D eigenvalue weighted by Crippen LogP contribution is -2.32. The Hall–Kier alpha value is -9.92. The lowest BCUT2D eigenvalue weighted by atomic mass is 9.95. The summed E-state index contributed by atoms with van der Waals surface area (Å²) in [4.78, 5) is 15.3. The highest BCUT2D eigenvalue weighted by atomic mass is 15.0. The molecule has 0 unspecified atom stereocenters. The smallest absolute Gasteiger partial charge is 0.173 e. The maximum Gasteiger partial charge on any atom is 0.173 e. The molecule has 14 rings (SSSR count). The molecule has 11 aromatic rings. The molecule has 10 heterocycles. The molecule has 0 radical (unpaired) electrons. The van der Waals surface area contributed by atoms with Gasteiger partial charge in [-0.05, 0) is 58.7 Å². The highest BCUT2D eigenvalue weighted by Crippen LogP contribution is 2.39. The first-order valence-electron chi connectivity index (χ1n) is 26.0. The number of benzene rings is 4. The van der Waals surface area contributed by atoms with Gasteiger partial charge in [0.2, 0.25) is 0 Å². The number of rotatable bonds is 12. The van der Waals surface area contributed by atoms with Crippen LogP contribution in [-0.4, -0.2) is 15.1 Å². The SMILES string of the molecule is C1=CC2=C(c3ccc(C[n+]4ccccc4)cc3)c3cc4c(-c5ccc(C[n+]6ccccc6)cc5)c5c(n4c3)=NC(=C5)C(c3ccc(C[n+]4ccccc4)cc3)=c3ccc([nH]3)=C(c3ccc(C[n+]4ccccc4)cc3)C1=N2. The van der Waals surface area contributed by atoms with E-state index in [1.165, 1.54) is 22.3 Å². The Labute approximate surface area is 440 Å². The molecule has 8 bridgehead atoms. The van der Waals surface area contributed by atoms with Crippen LogP contribution in [0.3, 0.4) is 0 Å². The van der Waals surface area contributed by atoms with Gasteiger partial charge >= 0.3 is 0 Å². The standard InChI is InChI=1S/C68H52N8/c1-5-33-72(34-6-1)43-48-13-21-52(22-14-48)64-56-41-63-65(53-23-15-49(16-24-53)44-73-35-7-2-8-36-73)57-42-62(71-68(57)76(63)47-56)67(55-27-19-51(20-28-55)46-75-39-11-4-12-40-75)61-32-31-60(70-61)66(59-30-29-58(64)69-59)54-25-17-50(18-26-54)45-74-37-9-3-10-38-74/h1-42,47,70H,43-46H2/q+4. The molecule has 0 fully saturated rings. The van der Waals surface area contributed by atoms with Crippen molar-refractivity contribution in [2.75, 3.05) is 0 Å². The Kier molecular flexibility index (Phi) is 11.3. The number of fused-ring (bicyclic) bond motifs is 5. The van der Waals surface area contributed by atoms with E-state index in [1.807, 2.05) is 0 Å². The predicted octanol–water partition coefficient (Wildman–Crippen LogP) is 8.85. The van der Waals surface area contributed by atoms with Crippen molar-refractivity contribution in [3.8, 4) is 11.1 Å². The van der Waals surface area contributed by atoms with Gasteiger partial charge in [-0.3, -0.25) is 0 Å². The number of aliphatic imine (C=N–C) groups is 1. The zero-order chi connectivity index (χ0) is 50.4. The van der Waals surface area contributed by atoms with Crippen molar-refractivity contribution in [2.24, 2.45) is 9.98 Å². The number of hydrogen-bond acceptors (Lipinski definition) is 2. The summed E-state index contributed by atoms with van der Waals surface area (Å²) < 4.78 is 11.1. The Morgan fingerprint density at radius 1 is 0.395 bits per heavy atom. The number of nitrogens with one attached hydrogen (secondary N) is 1. The highest BCUT2D eigenvalue weighted by Gasteiger charge is 2.27. The summed E-state index contributed by atoms with van der Waals surface area (Å²) in [5.74, 6) is 0. The lowest BCUT2D eigenvalue weighted by molar-refractivity contribution is -0.688. The van der Waals surface area contributed by atoms with Crippen molar-refractivity contribution >= 4 is 34.0 Å². The quantitative estimate of drug-likeness (QED) is 0.119. The minimum absolute atomic E-state index is 0.775. The summed E-state index contributed by atoms with van der Waals surface area (Å²) in [6.07, 6.45) is 25.9. The molecule has 0 spiro atoms. The third kappa shape index (κ3) is 8.61. The molecule has 0 saturated carbocycles. The summed E-state index contributed by atoms with van der Waals surface area (Å²) >= 11 is 0. The van der Waals surface area contributed by atoms with E-state index in [1.54, 1.807) is 0 Å². The van der Waals surface area contributed by atoms with E-state index in [9.17, 15) is 0 Å². The number of pyridine rings is 4. The first kappa shape index (κ1) is 44.8. The fourth-order valence-corrected chi connectivity index (χ4v) is 11.1. The van der Waals surface area contributed by atoms with Crippen LogP contribution in [0.4, 0.5) is 0 Å². The van der Waals surface area contributed by atoms with E-state index in [-0.39, 0.29) is 0 Å². The largest absolute Gasteiger partial charge is 0.354 e. The summed E-state index contributed by atoms with van der Waals surface area (Å²) in [7, 11) is 0. The molecule has 360 valence electrons. The van der Waals surface area contributed by atoms with Gasteiger partial charge in [0, 0.05) is 121 Å². The van der Waals surface area contributed by atoms with Crippen LogP contribution in [0.25, 0.3) is 39.4 Å². The molecule has 7 aromatic heterocycles. The molecule has 0 aliphatic carbocycles. The maximum absolute atomic E-state index is 5.68. The number of H-pyrrole nitrogens is 1. The number of hydrogen-bond donors (Lipinski definition) is 1. The molecular formula is C68H52N8+4. The van der Waals surface area contributed by atoms with Crippen molar-refractivity contribution in [2.45, 2.75) is 26.2 Å². The number of nitrogens with zero attached hydrogens (tertiary/aromatic N) is 7. The zero-order valence-corrected chi connectivity index (χ0v) is 41.8. The second-order valence-electron chi connectivity index (χ2n) is 19.8. The number of aromatic nitrogens is 6. The van der Waals surface area contributed by atoms with Gasteiger partial charge in [-0.25, -0.2) is 28.3 Å². The van der Waals surface area contributed by atoms with Gasteiger partial charge in [0.25, 0.3) is 0 Å². The highest BCUT2D eigenvalue weighted by molar-refractivity contribution is 6.30. The third-order valence-corrected chi connectivity index (χ3v) is 14.8. The number of aromatic amines is 1. The summed E-state index contributed by atoms with van der Waals surface area (Å²) in [6, 6.07) is 67.6. The van der Waals surface area contributed by atoms with Crippen LogP contribution < -0.4 is 34.5 Å². The van der Waals surface area contributed by atoms with E-state index in [0.717, 1.165) is 121 Å². The summed E-state index contributed by atoms with van der Waals surface area (Å²) in [6.45, 7) is 3.12. The molecule has 8 heteroatoms. The maximum atomic E-state index is 5.68. The molecular weight excluding hydrogens is 929 g/mol. The molecule has 4 aromatic carbocycles. The minimum atomic E-state index is 0.775. The topological polar surface area (TPSA) is 60.4 Å². The van der Waals surface area contributed by atoms with Gasteiger partial charge in [-0.1, -0.05) is 121 Å².